The number of hydrogen-bond donors (Lipinski definition) is 1. The van der Waals surface area contributed by atoms with Crippen molar-refractivity contribution in [2.45, 2.75) is 6.42 Å². The molecule has 0 unspecified atom stereocenters. The number of nitrogens with zero attached hydrogens (tertiary/aromatic N) is 3. The van der Waals surface area contributed by atoms with E-state index in [4.69, 9.17) is 19.6 Å². The molecule has 2 aromatic carbocycles. The highest BCUT2D eigenvalue weighted by Crippen LogP contribution is 2.33. The zero-order valence-corrected chi connectivity index (χ0v) is 21.0. The Morgan fingerprint density at radius 2 is 1.86 bits per heavy atom. The second-order valence-corrected chi connectivity index (χ2v) is 9.58. The number of nitrogens with one attached hydrogen (secondary N) is 1. The van der Waals surface area contributed by atoms with Gasteiger partial charge in [-0.15, -0.1) is 11.3 Å². The summed E-state index contributed by atoms with van der Waals surface area (Å²) in [6.07, 6.45) is 2.33. The molecule has 0 saturated carbocycles. The molecule has 8 nitrogen and oxygen atoms in total. The highest BCUT2D eigenvalue weighted by Gasteiger charge is 2.36. The summed E-state index contributed by atoms with van der Waals surface area (Å²) in [5, 5.41) is 17.5. The second-order valence-electron chi connectivity index (χ2n) is 7.68. The smallest absolute Gasteiger partial charge is 0.283 e. The van der Waals surface area contributed by atoms with Crippen molar-refractivity contribution in [2.75, 3.05) is 20.3 Å². The van der Waals surface area contributed by atoms with Crippen LogP contribution in [0.25, 0.3) is 6.08 Å². The molecule has 2 aliphatic rings. The maximum atomic E-state index is 12.7. The van der Waals surface area contributed by atoms with Gasteiger partial charge in [0.25, 0.3) is 5.91 Å². The molecule has 0 aliphatic carbocycles. The molecule has 10 heteroatoms. The number of aliphatic imine (C=N–C) groups is 1. The number of rotatable bonds is 9. The van der Waals surface area contributed by atoms with E-state index in [1.54, 1.807) is 36.7 Å². The molecule has 0 spiro atoms. The number of carbonyl (C=O) groups is 1. The number of hydrazone groups is 1. The van der Waals surface area contributed by atoms with E-state index < -0.39 is 5.91 Å². The number of amides is 1. The van der Waals surface area contributed by atoms with Crippen LogP contribution >= 0.6 is 23.1 Å². The van der Waals surface area contributed by atoms with Crippen LogP contribution in [0.3, 0.4) is 0 Å². The third-order valence-electron chi connectivity index (χ3n) is 5.24. The number of thiophene rings is 1. The van der Waals surface area contributed by atoms with Gasteiger partial charge in [0.1, 0.15) is 10.8 Å². The van der Waals surface area contributed by atoms with E-state index in [-0.39, 0.29) is 11.4 Å². The topological polar surface area (TPSA) is 96.6 Å². The lowest BCUT2D eigenvalue weighted by molar-refractivity contribution is -0.114. The Bertz CT molecular complexity index is 1370. The summed E-state index contributed by atoms with van der Waals surface area (Å²) in [7, 11) is 1.56. The van der Waals surface area contributed by atoms with Gasteiger partial charge in [-0.05, 0) is 59.1 Å². The number of benzene rings is 2. The van der Waals surface area contributed by atoms with Gasteiger partial charge in [0, 0.05) is 6.42 Å². The first-order chi connectivity index (χ1) is 17.6. The van der Waals surface area contributed by atoms with Gasteiger partial charge in [0.2, 0.25) is 5.17 Å². The fourth-order valence-electron chi connectivity index (χ4n) is 3.50. The minimum Gasteiger partial charge on any atom is -0.493 e. The monoisotopic (exact) mass is 518 g/mol. The summed E-state index contributed by atoms with van der Waals surface area (Å²) < 4.78 is 17.1. The van der Waals surface area contributed by atoms with Gasteiger partial charge in [-0.25, -0.2) is 0 Å². The molecule has 0 bridgehead atoms. The fourth-order valence-corrected chi connectivity index (χ4v) is 5.18. The Labute approximate surface area is 216 Å². The molecular formula is C26H22N4O4S2. The molecule has 0 atom stereocenters. The maximum absolute atomic E-state index is 12.7. The van der Waals surface area contributed by atoms with Gasteiger partial charge in [-0.3, -0.25) is 10.2 Å². The third-order valence-corrected chi connectivity index (χ3v) is 7.19. The van der Waals surface area contributed by atoms with E-state index in [0.29, 0.717) is 41.9 Å². The highest BCUT2D eigenvalue weighted by atomic mass is 32.2. The van der Waals surface area contributed by atoms with Crippen LogP contribution < -0.4 is 14.2 Å². The van der Waals surface area contributed by atoms with Gasteiger partial charge in [0.15, 0.2) is 17.3 Å². The van der Waals surface area contributed by atoms with Crippen molar-refractivity contribution in [3.63, 3.8) is 0 Å². The van der Waals surface area contributed by atoms with Gasteiger partial charge in [-0.1, -0.05) is 30.3 Å². The van der Waals surface area contributed by atoms with Crippen molar-refractivity contribution < 1.29 is 19.0 Å². The first-order valence-corrected chi connectivity index (χ1v) is 12.8. The Balaban J connectivity index is 1.25. The van der Waals surface area contributed by atoms with E-state index in [2.05, 4.69) is 10.1 Å². The molecule has 2 aliphatic heterocycles. The summed E-state index contributed by atoms with van der Waals surface area (Å²) >= 11 is 2.84. The quantitative estimate of drug-likeness (QED) is 0.306. The summed E-state index contributed by atoms with van der Waals surface area (Å²) in [6.45, 7) is 0.996. The largest absolute Gasteiger partial charge is 0.493 e. The Morgan fingerprint density at radius 1 is 1.03 bits per heavy atom. The van der Waals surface area contributed by atoms with Crippen LogP contribution in [0.4, 0.5) is 0 Å². The molecular weight excluding hydrogens is 496 g/mol. The SMILES string of the molecule is COc1cc(/C=C2/C(=N)N3N=C(c4cccs4)SC3=NC2=O)ccc1OCCCOc1ccccc1. The average molecular weight is 519 g/mol. The van der Waals surface area contributed by atoms with E-state index in [1.165, 1.54) is 16.8 Å². The number of para-hydroxylation sites is 1. The molecule has 1 aromatic heterocycles. The maximum Gasteiger partial charge on any atom is 0.283 e. The first kappa shape index (κ1) is 23.8. The lowest BCUT2D eigenvalue weighted by Gasteiger charge is -2.20. The number of thioether (sulfide) groups is 1. The van der Waals surface area contributed by atoms with Crippen LogP contribution in [0.1, 0.15) is 16.9 Å². The molecule has 1 amide bonds. The lowest BCUT2D eigenvalue weighted by Crippen LogP contribution is -2.35. The van der Waals surface area contributed by atoms with E-state index in [1.807, 2.05) is 53.9 Å². The number of hydrogen-bond acceptors (Lipinski definition) is 8. The van der Waals surface area contributed by atoms with Crippen molar-refractivity contribution >= 4 is 51.1 Å². The van der Waals surface area contributed by atoms with E-state index in [0.717, 1.165) is 15.7 Å². The molecule has 5 rings (SSSR count). The summed E-state index contributed by atoms with van der Waals surface area (Å²) in [4.78, 5) is 17.8. The van der Waals surface area contributed by atoms with Crippen LogP contribution in [0, 0.1) is 5.41 Å². The Kier molecular flexibility index (Phi) is 7.15. The highest BCUT2D eigenvalue weighted by molar-refractivity contribution is 8.27. The molecule has 182 valence electrons. The number of ether oxygens (including phenoxy) is 3. The molecule has 1 N–H and O–H groups in total. The zero-order valence-electron chi connectivity index (χ0n) is 19.3. The van der Waals surface area contributed by atoms with Crippen LogP contribution in [0.2, 0.25) is 0 Å². The summed E-state index contributed by atoms with van der Waals surface area (Å²) in [6, 6.07) is 18.9. The summed E-state index contributed by atoms with van der Waals surface area (Å²) in [5.41, 5.74) is 0.844. The van der Waals surface area contributed by atoms with Gasteiger partial charge in [0.05, 0.1) is 30.8 Å². The van der Waals surface area contributed by atoms with E-state index >= 15 is 0 Å². The molecule has 0 saturated heterocycles. The van der Waals surface area contributed by atoms with Crippen LogP contribution in [0.15, 0.2) is 81.7 Å². The number of methoxy groups -OCH3 is 1. The fraction of sp³-hybridized carbons (Fsp3) is 0.154. The lowest BCUT2D eigenvalue weighted by atomic mass is 10.1. The standard InChI is InChI=1S/C26H22N4O4S2/c1-32-21-16-17(10-11-20(21)34-13-6-12-33-18-7-3-2-4-8-18)15-19-23(27)30-26(28-24(19)31)36-25(29-30)22-9-5-14-35-22/h2-5,7-11,14-16,27H,6,12-13H2,1H3/b19-15-,27-23?. The normalized spacial score (nSPS) is 16.0. The Hall–Kier alpha value is -3.89. The molecule has 3 aromatic rings. The van der Waals surface area contributed by atoms with Crippen molar-refractivity contribution in [3.8, 4) is 17.2 Å². The predicted octanol–water partition coefficient (Wildman–Crippen LogP) is 5.27. The molecule has 3 heterocycles. The molecule has 0 radical (unpaired) electrons. The van der Waals surface area contributed by atoms with Crippen molar-refractivity contribution in [2.24, 2.45) is 10.1 Å². The average Bonchev–Trinajstić information content (AvgIpc) is 3.58. The van der Waals surface area contributed by atoms with Gasteiger partial charge in [-0.2, -0.15) is 15.1 Å². The third kappa shape index (κ3) is 5.19. The molecule has 0 fully saturated rings. The van der Waals surface area contributed by atoms with Crippen LogP contribution in [-0.2, 0) is 4.79 Å². The van der Waals surface area contributed by atoms with Crippen molar-refractivity contribution in [1.29, 1.82) is 5.41 Å². The van der Waals surface area contributed by atoms with E-state index in [9.17, 15) is 4.79 Å². The van der Waals surface area contributed by atoms with Crippen molar-refractivity contribution in [3.05, 3.63) is 82.1 Å². The molecule has 36 heavy (non-hydrogen) atoms. The van der Waals surface area contributed by atoms with Gasteiger partial charge >= 0.3 is 0 Å². The second kappa shape index (κ2) is 10.8. The number of carbonyl (C=O) groups excluding carboxylic acids is 1. The predicted molar refractivity (Wildman–Crippen MR) is 143 cm³/mol. The summed E-state index contributed by atoms with van der Waals surface area (Å²) in [5.74, 6) is 1.46. The zero-order chi connectivity index (χ0) is 24.9. The Morgan fingerprint density at radius 3 is 2.64 bits per heavy atom. The van der Waals surface area contributed by atoms with Crippen molar-refractivity contribution in [1.82, 2.24) is 5.01 Å². The number of amidine groups is 2. The number of fused-ring (bicyclic) bond motifs is 1. The van der Waals surface area contributed by atoms with Crippen LogP contribution in [0.5, 0.6) is 17.2 Å². The minimum atomic E-state index is -0.473. The van der Waals surface area contributed by atoms with Crippen LogP contribution in [-0.4, -0.2) is 47.3 Å². The van der Waals surface area contributed by atoms with Gasteiger partial charge < -0.3 is 14.2 Å². The minimum absolute atomic E-state index is 0.0123. The first-order valence-electron chi connectivity index (χ1n) is 11.1.